The molecule has 0 radical (unpaired) electrons. The van der Waals surface area contributed by atoms with Crippen molar-refractivity contribution in [1.82, 2.24) is 0 Å². The molecule has 2 aromatic carbocycles. The normalized spacial score (nSPS) is 16.5. The largest absolute Gasteiger partial charge is 0.298 e. The quantitative estimate of drug-likeness (QED) is 0.741. The summed E-state index contributed by atoms with van der Waals surface area (Å²) >= 11 is 0.993. The molecular weight excluding hydrogens is 306 g/mol. The first-order valence-electron chi connectivity index (χ1n) is 7.39. The molecule has 3 nitrogen and oxygen atoms in total. The molecule has 0 unspecified atom stereocenters. The van der Waals surface area contributed by atoms with Crippen LogP contribution in [-0.2, 0) is 4.79 Å². The van der Waals surface area contributed by atoms with Crippen molar-refractivity contribution in [3.8, 4) is 0 Å². The molecule has 1 aliphatic rings. The van der Waals surface area contributed by atoms with Gasteiger partial charge in [0.2, 0.25) is 0 Å². The summed E-state index contributed by atoms with van der Waals surface area (Å²) in [6.07, 6.45) is 1.80. The number of carbonyl (C=O) groups is 2. The third-order valence-corrected chi connectivity index (χ3v) is 4.96. The van der Waals surface area contributed by atoms with Gasteiger partial charge in [-0.2, -0.15) is 0 Å². The molecule has 1 fully saturated rings. The summed E-state index contributed by atoms with van der Waals surface area (Å²) in [5, 5.41) is -0.247. The minimum absolute atomic E-state index is 0.247. The molecule has 0 aromatic heterocycles. The first-order valence-corrected chi connectivity index (χ1v) is 8.20. The molecular formula is C19H17NO2S. The smallest absolute Gasteiger partial charge is 0.268 e. The van der Waals surface area contributed by atoms with Gasteiger partial charge in [0, 0.05) is 0 Å². The first-order chi connectivity index (χ1) is 11.0. The molecule has 2 amide bonds. The molecule has 3 rings (SSSR count). The van der Waals surface area contributed by atoms with E-state index in [4.69, 9.17) is 0 Å². The van der Waals surface area contributed by atoms with Crippen LogP contribution in [0, 0.1) is 20.8 Å². The fourth-order valence-electron chi connectivity index (χ4n) is 2.54. The second-order valence-electron chi connectivity index (χ2n) is 5.59. The molecule has 0 N–H and O–H groups in total. The molecule has 116 valence electrons. The maximum atomic E-state index is 12.7. The van der Waals surface area contributed by atoms with Crippen molar-refractivity contribution in [3.63, 3.8) is 0 Å². The number of thioether (sulfide) groups is 1. The Balaban J connectivity index is 2.01. The van der Waals surface area contributed by atoms with Crippen LogP contribution >= 0.6 is 11.8 Å². The zero-order chi connectivity index (χ0) is 16.6. The lowest BCUT2D eigenvalue weighted by molar-refractivity contribution is -0.113. The Morgan fingerprint density at radius 1 is 0.913 bits per heavy atom. The van der Waals surface area contributed by atoms with Gasteiger partial charge in [-0.05, 0) is 66.9 Å². The van der Waals surface area contributed by atoms with Crippen LogP contribution in [0.5, 0.6) is 0 Å². The lowest BCUT2D eigenvalue weighted by Crippen LogP contribution is -2.28. The molecule has 0 spiro atoms. The lowest BCUT2D eigenvalue weighted by atomic mass is 10.1. The summed E-state index contributed by atoms with van der Waals surface area (Å²) in [4.78, 5) is 26.8. The number of aryl methyl sites for hydroxylation is 2. The maximum Gasteiger partial charge on any atom is 0.298 e. The van der Waals surface area contributed by atoms with Crippen LogP contribution in [0.4, 0.5) is 10.5 Å². The van der Waals surface area contributed by atoms with Crippen molar-refractivity contribution in [2.45, 2.75) is 20.8 Å². The van der Waals surface area contributed by atoms with Crippen molar-refractivity contribution in [2.24, 2.45) is 0 Å². The summed E-state index contributed by atoms with van der Waals surface area (Å²) in [6.45, 7) is 5.89. The Labute approximate surface area is 140 Å². The van der Waals surface area contributed by atoms with Crippen molar-refractivity contribution >= 4 is 34.7 Å². The van der Waals surface area contributed by atoms with Gasteiger partial charge in [-0.25, -0.2) is 4.90 Å². The van der Waals surface area contributed by atoms with Crippen molar-refractivity contribution < 1.29 is 9.59 Å². The summed E-state index contributed by atoms with van der Waals surface area (Å²) in [5.41, 5.74) is 4.71. The number of hydrogen-bond donors (Lipinski definition) is 0. The van der Waals surface area contributed by atoms with E-state index >= 15 is 0 Å². The van der Waals surface area contributed by atoms with Gasteiger partial charge in [-0.1, -0.05) is 36.4 Å². The van der Waals surface area contributed by atoms with Crippen LogP contribution in [0.25, 0.3) is 6.08 Å². The SMILES string of the molecule is Cc1ccccc1/C=C1\SC(=O)N(c2cccc(C)c2C)C1=O. The number of imide groups is 1. The highest BCUT2D eigenvalue weighted by Crippen LogP contribution is 2.37. The number of benzene rings is 2. The minimum Gasteiger partial charge on any atom is -0.268 e. The average molecular weight is 323 g/mol. The first kappa shape index (κ1) is 15.6. The third kappa shape index (κ3) is 2.82. The lowest BCUT2D eigenvalue weighted by Gasteiger charge is -2.16. The number of nitrogens with zero attached hydrogens (tertiary/aromatic N) is 1. The zero-order valence-corrected chi connectivity index (χ0v) is 14.1. The number of rotatable bonds is 2. The van der Waals surface area contributed by atoms with Crippen LogP contribution in [-0.4, -0.2) is 11.1 Å². The molecule has 1 saturated heterocycles. The molecule has 1 heterocycles. The predicted octanol–water partition coefficient (Wildman–Crippen LogP) is 4.85. The maximum absolute atomic E-state index is 12.7. The highest BCUT2D eigenvalue weighted by atomic mass is 32.2. The molecule has 0 bridgehead atoms. The molecule has 0 aliphatic carbocycles. The van der Waals surface area contributed by atoms with Gasteiger partial charge in [-0.15, -0.1) is 0 Å². The molecule has 0 saturated carbocycles. The number of amides is 2. The van der Waals surface area contributed by atoms with E-state index in [9.17, 15) is 9.59 Å². The van der Waals surface area contributed by atoms with Gasteiger partial charge in [0.05, 0.1) is 10.6 Å². The van der Waals surface area contributed by atoms with E-state index in [2.05, 4.69) is 0 Å². The number of carbonyl (C=O) groups excluding carboxylic acids is 2. The summed E-state index contributed by atoms with van der Waals surface area (Å²) in [6, 6.07) is 13.5. The van der Waals surface area contributed by atoms with Crippen LogP contribution < -0.4 is 4.90 Å². The third-order valence-electron chi connectivity index (χ3n) is 4.09. The van der Waals surface area contributed by atoms with E-state index in [1.165, 1.54) is 4.90 Å². The van der Waals surface area contributed by atoms with Crippen LogP contribution in [0.2, 0.25) is 0 Å². The monoisotopic (exact) mass is 323 g/mol. The highest BCUT2D eigenvalue weighted by Gasteiger charge is 2.37. The van der Waals surface area contributed by atoms with E-state index in [1.807, 2.05) is 63.2 Å². The molecule has 0 atom stereocenters. The van der Waals surface area contributed by atoms with Gasteiger partial charge in [0.25, 0.3) is 11.1 Å². The van der Waals surface area contributed by atoms with Crippen molar-refractivity contribution in [2.75, 3.05) is 4.90 Å². The molecule has 4 heteroatoms. The number of anilines is 1. The number of hydrogen-bond acceptors (Lipinski definition) is 3. The van der Waals surface area contributed by atoms with Gasteiger partial charge < -0.3 is 0 Å². The summed E-state index contributed by atoms with van der Waals surface area (Å²) in [7, 11) is 0. The van der Waals surface area contributed by atoms with Crippen molar-refractivity contribution in [3.05, 3.63) is 69.6 Å². The second-order valence-corrected chi connectivity index (χ2v) is 6.59. The topological polar surface area (TPSA) is 37.4 Å². The summed E-state index contributed by atoms with van der Waals surface area (Å²) in [5.74, 6) is -0.253. The van der Waals surface area contributed by atoms with Crippen LogP contribution in [0.3, 0.4) is 0 Å². The van der Waals surface area contributed by atoms with Gasteiger partial charge in [0.15, 0.2) is 0 Å². The van der Waals surface area contributed by atoms with E-state index < -0.39 is 0 Å². The van der Waals surface area contributed by atoms with E-state index in [0.29, 0.717) is 10.6 Å². The Bertz CT molecular complexity index is 839. The highest BCUT2D eigenvalue weighted by molar-refractivity contribution is 8.19. The Kier molecular flexibility index (Phi) is 4.09. The fraction of sp³-hybridized carbons (Fsp3) is 0.158. The van der Waals surface area contributed by atoms with Crippen LogP contribution in [0.15, 0.2) is 47.4 Å². The average Bonchev–Trinajstić information content (AvgIpc) is 2.79. The fourth-order valence-corrected chi connectivity index (χ4v) is 3.37. The Morgan fingerprint density at radius 3 is 2.35 bits per heavy atom. The molecule has 2 aromatic rings. The minimum atomic E-state index is -0.253. The summed E-state index contributed by atoms with van der Waals surface area (Å²) < 4.78 is 0. The van der Waals surface area contributed by atoms with E-state index in [0.717, 1.165) is 34.0 Å². The van der Waals surface area contributed by atoms with Crippen LogP contribution in [0.1, 0.15) is 22.3 Å². The standard InChI is InChI=1S/C19H17NO2S/c1-12-8-6-10-16(14(12)3)20-18(21)17(23-19(20)22)11-15-9-5-4-7-13(15)2/h4-11H,1-3H3/b17-11-. The van der Waals surface area contributed by atoms with E-state index in [1.54, 1.807) is 6.08 Å². The molecule has 23 heavy (non-hydrogen) atoms. The van der Waals surface area contributed by atoms with Crippen molar-refractivity contribution in [1.29, 1.82) is 0 Å². The Morgan fingerprint density at radius 2 is 1.61 bits per heavy atom. The van der Waals surface area contributed by atoms with Gasteiger partial charge in [0.1, 0.15) is 0 Å². The second kappa shape index (κ2) is 6.05. The van der Waals surface area contributed by atoms with E-state index in [-0.39, 0.29) is 11.1 Å². The Hall–Kier alpha value is -2.33. The van der Waals surface area contributed by atoms with Gasteiger partial charge >= 0.3 is 0 Å². The molecule has 1 aliphatic heterocycles. The predicted molar refractivity (Wildman–Crippen MR) is 95.5 cm³/mol. The van der Waals surface area contributed by atoms with Gasteiger partial charge in [-0.3, -0.25) is 9.59 Å². The zero-order valence-electron chi connectivity index (χ0n) is 13.3.